The third kappa shape index (κ3) is 6.77. The number of carbonyl (C=O) groups excluding carboxylic acids is 1. The van der Waals surface area contributed by atoms with Crippen molar-refractivity contribution >= 4 is 16.1 Å². The summed E-state index contributed by atoms with van der Waals surface area (Å²) in [6, 6.07) is 4.28. The van der Waals surface area contributed by atoms with Crippen molar-refractivity contribution in [1.82, 2.24) is 4.72 Å². The second-order valence-corrected chi connectivity index (χ2v) is 16.7. The van der Waals surface area contributed by atoms with E-state index in [1.54, 1.807) is 0 Å². The van der Waals surface area contributed by atoms with Crippen molar-refractivity contribution in [1.29, 1.82) is 0 Å². The number of sulfonamides is 1. The molecule has 0 radical (unpaired) electrons. The van der Waals surface area contributed by atoms with Gasteiger partial charge in [-0.1, -0.05) is 34.1 Å². The molecule has 12 heteroatoms. The minimum absolute atomic E-state index is 0.0403. The largest absolute Gasteiger partial charge is 0.484 e. The number of rotatable bonds is 9. The maximum absolute atomic E-state index is 12.6. The van der Waals surface area contributed by atoms with Crippen LogP contribution in [0.5, 0.6) is 5.75 Å². The zero-order chi connectivity index (χ0) is 33.7. The molecule has 4 saturated carbocycles. The van der Waals surface area contributed by atoms with Crippen molar-refractivity contribution in [3.05, 3.63) is 24.3 Å². The number of aliphatic hydroxyl groups excluding tert-OH is 2. The summed E-state index contributed by atoms with van der Waals surface area (Å²) in [5.74, 6) is 2.11. The second kappa shape index (κ2) is 13.1. The predicted octanol–water partition coefficient (Wildman–Crippen LogP) is 6.70. The normalized spacial score (nSPS) is 38.2. The number of benzene rings is 1. The van der Waals surface area contributed by atoms with Gasteiger partial charge in [-0.3, -0.25) is 0 Å². The minimum atomic E-state index is -4.52. The van der Waals surface area contributed by atoms with Gasteiger partial charge in [-0.25, -0.2) is 17.9 Å². The number of halogens is 3. The molecular formula is C34H50F3NO7S. The van der Waals surface area contributed by atoms with E-state index in [0.717, 1.165) is 75.6 Å². The van der Waals surface area contributed by atoms with Crippen LogP contribution in [0.2, 0.25) is 0 Å². The van der Waals surface area contributed by atoms with E-state index < -0.39 is 28.9 Å². The number of ether oxygens (including phenoxy) is 2. The van der Waals surface area contributed by atoms with Gasteiger partial charge in [0.15, 0.2) is 6.61 Å². The molecule has 11 atom stereocenters. The van der Waals surface area contributed by atoms with Crippen LogP contribution in [0.3, 0.4) is 0 Å². The molecule has 46 heavy (non-hydrogen) atoms. The van der Waals surface area contributed by atoms with Gasteiger partial charge in [-0.15, -0.1) is 0 Å². The van der Waals surface area contributed by atoms with Gasteiger partial charge in [0.25, 0.3) is 10.0 Å². The van der Waals surface area contributed by atoms with Gasteiger partial charge in [-0.05, 0) is 128 Å². The molecule has 1 amide bonds. The summed E-state index contributed by atoms with van der Waals surface area (Å²) in [7, 11) is -4.29. The lowest BCUT2D eigenvalue weighted by molar-refractivity contribution is -0.203. The molecular weight excluding hydrogens is 623 g/mol. The van der Waals surface area contributed by atoms with Gasteiger partial charge in [0.1, 0.15) is 5.75 Å². The Hall–Kier alpha value is -2.05. The summed E-state index contributed by atoms with van der Waals surface area (Å²) in [6.45, 7) is 7.69. The van der Waals surface area contributed by atoms with Crippen LogP contribution in [-0.2, 0) is 14.8 Å². The standard InChI is InChI=1S/C34H50F3NO7S/c1-5-24-28-18-21(39)12-15-33(28,4)27-13-16-32(3)25(10-11-26(32)29(27)30(24)40)20(2)14-17-44-31(41)38-46(42,43)23-8-6-22(7-9-23)45-19-34(35,36)37/h6-9,20-21,24-30,39-40H,5,10-19H2,1-4H3,(H,38,41)/t20-,21-,24-,25-,26+,27+,28+,29+,30-,32-,33-/m1/s1. The Balaban J connectivity index is 1.16. The zero-order valence-electron chi connectivity index (χ0n) is 27.3. The van der Waals surface area contributed by atoms with Gasteiger partial charge >= 0.3 is 12.3 Å². The average molecular weight is 674 g/mol. The Morgan fingerprint density at radius 1 is 1.02 bits per heavy atom. The molecule has 0 heterocycles. The average Bonchev–Trinajstić information content (AvgIpc) is 3.34. The SMILES string of the molecule is CC[C@H]1[C@@H](O)[C@@H]2[C@H](CC[C@]3(C)[C@@H]([C@H](C)CCOC(=O)NS(=O)(=O)c4ccc(OCC(F)(F)F)cc4)CC[C@@H]23)[C@@]2(C)CC[C@@H](O)C[C@@H]12. The number of fused-ring (bicyclic) bond motifs is 5. The zero-order valence-corrected chi connectivity index (χ0v) is 28.1. The fourth-order valence-corrected chi connectivity index (χ4v) is 11.4. The van der Waals surface area contributed by atoms with Crippen molar-refractivity contribution in [3.63, 3.8) is 0 Å². The first kappa shape index (κ1) is 35.3. The fourth-order valence-electron chi connectivity index (χ4n) is 10.5. The number of hydrogen-bond acceptors (Lipinski definition) is 7. The highest BCUT2D eigenvalue weighted by atomic mass is 32.2. The van der Waals surface area contributed by atoms with Crippen LogP contribution in [0, 0.1) is 52.3 Å². The number of nitrogens with one attached hydrogen (secondary N) is 1. The predicted molar refractivity (Wildman–Crippen MR) is 165 cm³/mol. The van der Waals surface area contributed by atoms with Crippen molar-refractivity contribution in [2.24, 2.45) is 52.3 Å². The quantitative estimate of drug-likeness (QED) is 0.267. The van der Waals surface area contributed by atoms with E-state index in [9.17, 15) is 36.6 Å². The maximum atomic E-state index is 12.6. The van der Waals surface area contributed by atoms with E-state index in [4.69, 9.17) is 4.74 Å². The van der Waals surface area contributed by atoms with Crippen molar-refractivity contribution < 1.29 is 46.1 Å². The van der Waals surface area contributed by atoms with Crippen LogP contribution < -0.4 is 9.46 Å². The Bertz CT molecular complexity index is 1340. The summed E-state index contributed by atoms with van der Waals surface area (Å²) in [4.78, 5) is 12.1. The molecule has 0 saturated heterocycles. The number of hydrogen-bond donors (Lipinski definition) is 3. The molecule has 0 unspecified atom stereocenters. The summed E-state index contributed by atoms with van der Waals surface area (Å²) in [6.07, 6.45) is 2.11. The maximum Gasteiger partial charge on any atom is 0.422 e. The summed E-state index contributed by atoms with van der Waals surface area (Å²) in [5, 5.41) is 22.4. The van der Waals surface area contributed by atoms with Crippen LogP contribution >= 0.6 is 0 Å². The van der Waals surface area contributed by atoms with E-state index in [-0.39, 0.29) is 58.0 Å². The second-order valence-electron chi connectivity index (χ2n) is 15.0. The number of aliphatic hydroxyl groups is 2. The molecule has 4 fully saturated rings. The molecule has 4 aliphatic carbocycles. The van der Waals surface area contributed by atoms with E-state index in [1.165, 1.54) is 0 Å². The smallest absolute Gasteiger partial charge is 0.422 e. The Kier molecular flexibility index (Phi) is 10.0. The van der Waals surface area contributed by atoms with Crippen molar-refractivity contribution in [2.75, 3.05) is 13.2 Å². The van der Waals surface area contributed by atoms with E-state index in [2.05, 4.69) is 32.4 Å². The monoisotopic (exact) mass is 673 g/mol. The summed E-state index contributed by atoms with van der Waals surface area (Å²) in [5.41, 5.74) is 0.193. The molecule has 1 aromatic carbocycles. The molecule has 0 bridgehead atoms. The number of amides is 1. The van der Waals surface area contributed by atoms with Crippen LogP contribution in [0.15, 0.2) is 29.2 Å². The number of alkyl halides is 3. The lowest BCUT2D eigenvalue weighted by Crippen LogP contribution is -2.62. The van der Waals surface area contributed by atoms with Gasteiger partial charge in [0.2, 0.25) is 0 Å². The topological polar surface area (TPSA) is 122 Å². The molecule has 1 aromatic rings. The summed E-state index contributed by atoms with van der Waals surface area (Å²) < 4.78 is 74.1. The minimum Gasteiger partial charge on any atom is -0.484 e. The highest BCUT2D eigenvalue weighted by molar-refractivity contribution is 7.90. The Labute approximate surface area is 270 Å². The summed E-state index contributed by atoms with van der Waals surface area (Å²) >= 11 is 0. The molecule has 5 rings (SSSR count). The van der Waals surface area contributed by atoms with Gasteiger partial charge in [0, 0.05) is 0 Å². The lowest BCUT2D eigenvalue weighted by atomic mass is 9.41. The van der Waals surface area contributed by atoms with Crippen LogP contribution in [0.4, 0.5) is 18.0 Å². The van der Waals surface area contributed by atoms with Crippen molar-refractivity contribution in [3.8, 4) is 5.75 Å². The fraction of sp³-hybridized carbons (Fsp3) is 0.794. The van der Waals surface area contributed by atoms with Gasteiger partial charge in [0.05, 0.1) is 23.7 Å². The lowest BCUT2D eigenvalue weighted by Gasteiger charge is -2.64. The Morgan fingerprint density at radius 3 is 2.33 bits per heavy atom. The highest BCUT2D eigenvalue weighted by Gasteiger charge is 2.64. The van der Waals surface area contributed by atoms with Crippen LogP contribution in [0.25, 0.3) is 0 Å². The molecule has 0 spiro atoms. The molecule has 4 aliphatic rings. The molecule has 3 N–H and O–H groups in total. The molecule has 0 aromatic heterocycles. The van der Waals surface area contributed by atoms with E-state index in [0.29, 0.717) is 30.1 Å². The van der Waals surface area contributed by atoms with Crippen LogP contribution in [0.1, 0.15) is 85.5 Å². The van der Waals surface area contributed by atoms with Crippen LogP contribution in [-0.4, -0.2) is 56.3 Å². The first-order chi connectivity index (χ1) is 21.5. The molecule has 8 nitrogen and oxygen atoms in total. The first-order valence-corrected chi connectivity index (χ1v) is 18.3. The molecule has 0 aliphatic heterocycles. The van der Waals surface area contributed by atoms with E-state index in [1.807, 2.05) is 4.72 Å². The van der Waals surface area contributed by atoms with Gasteiger partial charge in [-0.2, -0.15) is 13.2 Å². The highest BCUT2D eigenvalue weighted by Crippen LogP contribution is 2.69. The number of carbonyl (C=O) groups is 1. The van der Waals surface area contributed by atoms with Crippen molar-refractivity contribution in [2.45, 2.75) is 109 Å². The van der Waals surface area contributed by atoms with Gasteiger partial charge < -0.3 is 19.7 Å². The third-order valence-electron chi connectivity index (χ3n) is 12.7. The third-order valence-corrected chi connectivity index (χ3v) is 14.0. The first-order valence-electron chi connectivity index (χ1n) is 16.9. The Morgan fingerprint density at radius 2 is 1.67 bits per heavy atom. The molecule has 260 valence electrons. The van der Waals surface area contributed by atoms with E-state index >= 15 is 0 Å².